The van der Waals surface area contributed by atoms with Gasteiger partial charge in [-0.3, -0.25) is 4.79 Å². The monoisotopic (exact) mass is 495 g/mol. The standard InChI is InChI=1S/C29H29N5O3/c35-28(33-17-15-32(16-18-33)26-7-3-4-14-30-26)21-10-8-20(9-11-21)27-31-24-19-22(29(36)37)12-13-25(24)34(27)23-5-1-2-6-23/h3-4,7-14,19,23H,1-2,5-6,15-18H2,(H,36,37). The Balaban J connectivity index is 1.24. The summed E-state index contributed by atoms with van der Waals surface area (Å²) in [5.41, 5.74) is 3.47. The van der Waals surface area contributed by atoms with Gasteiger partial charge in [-0.2, -0.15) is 0 Å². The minimum Gasteiger partial charge on any atom is -0.478 e. The van der Waals surface area contributed by atoms with Crippen LogP contribution in [0.2, 0.25) is 0 Å². The highest BCUT2D eigenvalue weighted by molar-refractivity contribution is 5.95. The van der Waals surface area contributed by atoms with Crippen LogP contribution in [0.1, 0.15) is 52.4 Å². The second-order valence-corrected chi connectivity index (χ2v) is 9.80. The number of carbonyl (C=O) groups is 2. The number of imidazole rings is 1. The van der Waals surface area contributed by atoms with Crippen molar-refractivity contribution >= 4 is 28.7 Å². The Morgan fingerprint density at radius 1 is 0.865 bits per heavy atom. The fourth-order valence-corrected chi connectivity index (χ4v) is 5.59. The van der Waals surface area contributed by atoms with Gasteiger partial charge in [0.05, 0.1) is 16.6 Å². The number of pyridine rings is 1. The van der Waals surface area contributed by atoms with Crippen LogP contribution in [0, 0.1) is 0 Å². The van der Waals surface area contributed by atoms with Gasteiger partial charge in [0.25, 0.3) is 5.91 Å². The summed E-state index contributed by atoms with van der Waals surface area (Å²) >= 11 is 0. The normalized spacial score (nSPS) is 16.4. The predicted molar refractivity (Wildman–Crippen MR) is 142 cm³/mol. The molecule has 3 heterocycles. The lowest BCUT2D eigenvalue weighted by Gasteiger charge is -2.35. The van der Waals surface area contributed by atoms with Gasteiger partial charge in [0.2, 0.25) is 0 Å². The molecule has 4 aromatic rings. The molecule has 0 atom stereocenters. The molecule has 1 saturated carbocycles. The van der Waals surface area contributed by atoms with Crippen LogP contribution in [0.15, 0.2) is 66.9 Å². The highest BCUT2D eigenvalue weighted by Crippen LogP contribution is 2.37. The van der Waals surface area contributed by atoms with Crippen LogP contribution in [0.3, 0.4) is 0 Å². The average Bonchev–Trinajstić information content (AvgIpc) is 3.61. The molecule has 6 rings (SSSR count). The predicted octanol–water partition coefficient (Wildman–Crippen LogP) is 4.87. The summed E-state index contributed by atoms with van der Waals surface area (Å²) in [6.07, 6.45) is 6.32. The van der Waals surface area contributed by atoms with E-state index in [9.17, 15) is 14.7 Å². The zero-order chi connectivity index (χ0) is 25.4. The molecule has 8 nitrogen and oxygen atoms in total. The van der Waals surface area contributed by atoms with Gasteiger partial charge in [-0.15, -0.1) is 0 Å². The third-order valence-electron chi connectivity index (χ3n) is 7.56. The van der Waals surface area contributed by atoms with Crippen LogP contribution in [0.5, 0.6) is 0 Å². The summed E-state index contributed by atoms with van der Waals surface area (Å²) in [6.45, 7) is 2.82. The van der Waals surface area contributed by atoms with Crippen LogP contribution in [0.25, 0.3) is 22.4 Å². The number of aromatic nitrogens is 3. The second-order valence-electron chi connectivity index (χ2n) is 9.80. The molecular weight excluding hydrogens is 466 g/mol. The van der Waals surface area contributed by atoms with Crippen molar-refractivity contribution in [1.82, 2.24) is 19.4 Å². The molecule has 0 spiro atoms. The van der Waals surface area contributed by atoms with Crippen molar-refractivity contribution in [2.24, 2.45) is 0 Å². The quantitative estimate of drug-likeness (QED) is 0.425. The molecule has 1 aliphatic heterocycles. The first kappa shape index (κ1) is 23.2. The Labute approximate surface area is 215 Å². The van der Waals surface area contributed by atoms with E-state index in [0.717, 1.165) is 48.7 Å². The summed E-state index contributed by atoms with van der Waals surface area (Å²) in [7, 11) is 0. The van der Waals surface area contributed by atoms with Gasteiger partial charge in [-0.05, 0) is 55.3 Å². The number of benzene rings is 2. The van der Waals surface area contributed by atoms with Crippen molar-refractivity contribution in [3.8, 4) is 11.4 Å². The Morgan fingerprint density at radius 2 is 1.59 bits per heavy atom. The molecule has 1 saturated heterocycles. The fraction of sp³-hybridized carbons (Fsp3) is 0.310. The summed E-state index contributed by atoms with van der Waals surface area (Å²) in [4.78, 5) is 38.1. The Bertz CT molecular complexity index is 1430. The molecule has 1 amide bonds. The molecule has 2 aliphatic rings. The maximum Gasteiger partial charge on any atom is 0.335 e. The number of hydrogen-bond donors (Lipinski definition) is 1. The minimum atomic E-state index is -0.956. The largest absolute Gasteiger partial charge is 0.478 e. The van der Waals surface area contributed by atoms with E-state index in [-0.39, 0.29) is 11.5 Å². The van der Waals surface area contributed by atoms with Crippen LogP contribution < -0.4 is 4.90 Å². The Hall–Kier alpha value is -4.20. The van der Waals surface area contributed by atoms with Crippen LogP contribution in [0.4, 0.5) is 5.82 Å². The molecule has 0 bridgehead atoms. The van der Waals surface area contributed by atoms with Crippen molar-refractivity contribution in [3.63, 3.8) is 0 Å². The molecule has 2 aromatic heterocycles. The molecule has 2 fully saturated rings. The molecular formula is C29H29N5O3. The van der Waals surface area contributed by atoms with Crippen molar-refractivity contribution in [2.75, 3.05) is 31.1 Å². The number of carboxylic acids is 1. The summed E-state index contributed by atoms with van der Waals surface area (Å²) < 4.78 is 2.27. The number of piperazine rings is 1. The molecule has 2 aromatic carbocycles. The summed E-state index contributed by atoms with van der Waals surface area (Å²) in [6, 6.07) is 19.1. The number of hydrogen-bond acceptors (Lipinski definition) is 5. The third-order valence-corrected chi connectivity index (χ3v) is 7.56. The lowest BCUT2D eigenvalue weighted by molar-refractivity contribution is 0.0695. The molecule has 37 heavy (non-hydrogen) atoms. The number of fused-ring (bicyclic) bond motifs is 1. The molecule has 0 radical (unpaired) electrons. The zero-order valence-electron chi connectivity index (χ0n) is 20.6. The SMILES string of the molecule is O=C(O)c1ccc2c(c1)nc(-c1ccc(C(=O)N3CCN(c4ccccn4)CC3)cc1)n2C1CCCC1. The minimum absolute atomic E-state index is 0.0302. The number of carbonyl (C=O) groups excluding carboxylic acids is 1. The lowest BCUT2D eigenvalue weighted by atomic mass is 10.1. The van der Waals surface area contributed by atoms with Gasteiger partial charge in [0, 0.05) is 49.5 Å². The van der Waals surface area contributed by atoms with Crippen LogP contribution in [-0.2, 0) is 0 Å². The van der Waals surface area contributed by atoms with Crippen molar-refractivity contribution in [1.29, 1.82) is 0 Å². The average molecular weight is 496 g/mol. The number of nitrogens with zero attached hydrogens (tertiary/aromatic N) is 5. The molecule has 8 heteroatoms. The first-order valence-corrected chi connectivity index (χ1v) is 12.9. The molecule has 188 valence electrons. The van der Waals surface area contributed by atoms with Crippen LogP contribution >= 0.6 is 0 Å². The zero-order valence-corrected chi connectivity index (χ0v) is 20.6. The number of aromatic carboxylic acids is 1. The molecule has 1 aliphatic carbocycles. The van der Waals surface area contributed by atoms with Gasteiger partial charge < -0.3 is 19.5 Å². The van der Waals surface area contributed by atoms with E-state index < -0.39 is 5.97 Å². The van der Waals surface area contributed by atoms with E-state index in [2.05, 4.69) is 14.5 Å². The van der Waals surface area contributed by atoms with E-state index in [1.807, 2.05) is 53.4 Å². The molecule has 1 N–H and O–H groups in total. The van der Waals surface area contributed by atoms with Gasteiger partial charge in [-0.1, -0.05) is 31.0 Å². The van der Waals surface area contributed by atoms with Crippen LogP contribution in [-0.4, -0.2) is 62.6 Å². The maximum atomic E-state index is 13.2. The third kappa shape index (κ3) is 4.43. The van der Waals surface area contributed by atoms with Crippen molar-refractivity contribution in [3.05, 3.63) is 78.0 Å². The topological polar surface area (TPSA) is 91.6 Å². The molecule has 0 unspecified atom stereocenters. The smallest absolute Gasteiger partial charge is 0.335 e. The Kier molecular flexibility index (Phi) is 6.08. The first-order chi connectivity index (χ1) is 18.1. The highest BCUT2D eigenvalue weighted by Gasteiger charge is 2.25. The second kappa shape index (κ2) is 9.69. The lowest BCUT2D eigenvalue weighted by Crippen LogP contribution is -2.49. The van der Waals surface area contributed by atoms with Gasteiger partial charge in [0.1, 0.15) is 11.6 Å². The summed E-state index contributed by atoms with van der Waals surface area (Å²) in [5.74, 6) is 0.845. The summed E-state index contributed by atoms with van der Waals surface area (Å²) in [5, 5.41) is 9.44. The number of carboxylic acid groups (broad SMARTS) is 1. The van der Waals surface area contributed by atoms with E-state index in [1.165, 1.54) is 12.8 Å². The number of rotatable bonds is 5. The number of amides is 1. The van der Waals surface area contributed by atoms with Gasteiger partial charge in [0.15, 0.2) is 0 Å². The number of anilines is 1. The Morgan fingerprint density at radius 3 is 2.27 bits per heavy atom. The fourth-order valence-electron chi connectivity index (χ4n) is 5.59. The van der Waals surface area contributed by atoms with E-state index in [0.29, 0.717) is 30.2 Å². The van der Waals surface area contributed by atoms with E-state index in [4.69, 9.17) is 4.98 Å². The van der Waals surface area contributed by atoms with E-state index in [1.54, 1.807) is 18.3 Å². The van der Waals surface area contributed by atoms with Gasteiger partial charge in [-0.25, -0.2) is 14.8 Å². The highest BCUT2D eigenvalue weighted by atomic mass is 16.4. The van der Waals surface area contributed by atoms with Gasteiger partial charge >= 0.3 is 5.97 Å². The van der Waals surface area contributed by atoms with Crippen molar-refractivity contribution < 1.29 is 14.7 Å². The maximum absolute atomic E-state index is 13.2. The first-order valence-electron chi connectivity index (χ1n) is 12.9. The van der Waals surface area contributed by atoms with Crippen molar-refractivity contribution in [2.45, 2.75) is 31.7 Å². The van der Waals surface area contributed by atoms with E-state index >= 15 is 0 Å².